The summed E-state index contributed by atoms with van der Waals surface area (Å²) in [6, 6.07) is 15.4. The number of amides is 4. The van der Waals surface area contributed by atoms with E-state index in [1.54, 1.807) is 36.4 Å². The van der Waals surface area contributed by atoms with Crippen molar-refractivity contribution >= 4 is 35.6 Å². The molecule has 3 aromatic rings. The maximum atomic E-state index is 12.9. The third kappa shape index (κ3) is 4.90. The number of imide groups is 1. The van der Waals surface area contributed by atoms with Gasteiger partial charge >= 0.3 is 12.0 Å². The van der Waals surface area contributed by atoms with E-state index in [1.807, 2.05) is 49.6 Å². The number of nitrogens with zero attached hydrogens (tertiary/aromatic N) is 2. The zero-order valence-corrected chi connectivity index (χ0v) is 20.4. The van der Waals surface area contributed by atoms with Gasteiger partial charge in [-0.05, 0) is 68.8 Å². The summed E-state index contributed by atoms with van der Waals surface area (Å²) in [6.45, 7) is 5.30. The van der Waals surface area contributed by atoms with Crippen molar-refractivity contribution in [3.63, 3.8) is 0 Å². The Hall–Kier alpha value is -4.66. The number of nitrogens with one attached hydrogen (secondary N) is 2. The number of esters is 1. The van der Waals surface area contributed by atoms with Crippen LogP contribution >= 0.6 is 0 Å². The molecule has 0 bridgehead atoms. The molecule has 1 aliphatic heterocycles. The minimum atomic E-state index is -0.662. The van der Waals surface area contributed by atoms with Gasteiger partial charge in [-0.1, -0.05) is 23.8 Å². The molecule has 1 fully saturated rings. The predicted octanol–water partition coefficient (Wildman–Crippen LogP) is 3.72. The molecule has 0 unspecified atom stereocenters. The second-order valence-corrected chi connectivity index (χ2v) is 8.50. The first-order valence-corrected chi connectivity index (χ1v) is 11.3. The summed E-state index contributed by atoms with van der Waals surface area (Å²) in [5.41, 5.74) is 5.27. The number of carbonyl (C=O) groups excluding carboxylic acids is 4. The minimum absolute atomic E-state index is 0.0756. The highest BCUT2D eigenvalue weighted by Crippen LogP contribution is 2.25. The van der Waals surface area contributed by atoms with Crippen molar-refractivity contribution < 1.29 is 23.9 Å². The lowest BCUT2D eigenvalue weighted by atomic mass is 10.2. The van der Waals surface area contributed by atoms with Gasteiger partial charge in [0.1, 0.15) is 12.2 Å². The number of urea groups is 1. The van der Waals surface area contributed by atoms with E-state index in [2.05, 4.69) is 10.6 Å². The summed E-state index contributed by atoms with van der Waals surface area (Å²) in [5, 5.41) is 5.24. The zero-order chi connectivity index (χ0) is 26.0. The number of ether oxygens (including phenoxy) is 1. The Morgan fingerprint density at radius 1 is 1.03 bits per heavy atom. The fraction of sp³-hybridized carbons (Fsp3) is 0.185. The van der Waals surface area contributed by atoms with Gasteiger partial charge in [-0.3, -0.25) is 9.59 Å². The molecule has 1 saturated heterocycles. The number of anilines is 1. The van der Waals surface area contributed by atoms with E-state index in [0.717, 1.165) is 27.5 Å². The molecule has 9 nitrogen and oxygen atoms in total. The topological polar surface area (TPSA) is 110 Å². The maximum absolute atomic E-state index is 12.9. The van der Waals surface area contributed by atoms with Gasteiger partial charge < -0.3 is 19.9 Å². The van der Waals surface area contributed by atoms with Crippen molar-refractivity contribution in [3.8, 4) is 5.69 Å². The first-order chi connectivity index (χ1) is 17.2. The first-order valence-electron chi connectivity index (χ1n) is 11.3. The summed E-state index contributed by atoms with van der Waals surface area (Å²) in [4.78, 5) is 50.6. The molecule has 0 aliphatic carbocycles. The molecule has 0 spiro atoms. The Balaban J connectivity index is 1.54. The largest absolute Gasteiger partial charge is 0.465 e. The lowest BCUT2D eigenvalue weighted by Gasteiger charge is -2.12. The average molecular weight is 487 g/mol. The van der Waals surface area contributed by atoms with Gasteiger partial charge in [-0.2, -0.15) is 0 Å². The van der Waals surface area contributed by atoms with Gasteiger partial charge in [0.15, 0.2) is 0 Å². The fourth-order valence-electron chi connectivity index (χ4n) is 4.07. The molecule has 2 heterocycles. The third-order valence-electron chi connectivity index (χ3n) is 5.89. The number of aryl methyl sites for hydroxylation is 2. The molecule has 9 heteroatoms. The Bertz CT molecular complexity index is 1400. The summed E-state index contributed by atoms with van der Waals surface area (Å²) in [7, 11) is 1.33. The summed E-state index contributed by atoms with van der Waals surface area (Å²) < 4.78 is 6.75. The Morgan fingerprint density at radius 3 is 2.44 bits per heavy atom. The molecule has 2 aromatic carbocycles. The van der Waals surface area contributed by atoms with E-state index < -0.39 is 30.4 Å². The van der Waals surface area contributed by atoms with E-state index >= 15 is 0 Å². The van der Waals surface area contributed by atoms with Crippen LogP contribution in [0.3, 0.4) is 0 Å². The minimum Gasteiger partial charge on any atom is -0.465 e. The summed E-state index contributed by atoms with van der Waals surface area (Å²) in [5.74, 6) is -1.50. The van der Waals surface area contributed by atoms with Crippen LogP contribution in [0.2, 0.25) is 0 Å². The van der Waals surface area contributed by atoms with Crippen LogP contribution in [-0.4, -0.2) is 46.9 Å². The van der Waals surface area contributed by atoms with Crippen LogP contribution in [0.25, 0.3) is 11.8 Å². The average Bonchev–Trinajstić information content (AvgIpc) is 3.28. The SMILES string of the molecule is COC(=O)c1cccc(-n2c(C)cc(C=C3NC(=O)N(CC(=O)Nc4ccc(C)cc4)C3=O)c2C)c1. The van der Waals surface area contributed by atoms with Crippen molar-refractivity contribution in [1.29, 1.82) is 0 Å². The van der Waals surface area contributed by atoms with Gasteiger partial charge in [-0.15, -0.1) is 0 Å². The fourth-order valence-corrected chi connectivity index (χ4v) is 4.07. The van der Waals surface area contributed by atoms with Crippen LogP contribution in [-0.2, 0) is 14.3 Å². The molecule has 0 saturated carbocycles. The van der Waals surface area contributed by atoms with Gasteiger partial charge in [-0.25, -0.2) is 14.5 Å². The van der Waals surface area contributed by atoms with Crippen molar-refractivity contribution in [2.75, 3.05) is 19.0 Å². The molecule has 0 radical (unpaired) electrons. The number of benzene rings is 2. The Labute approximate surface area is 208 Å². The molecule has 36 heavy (non-hydrogen) atoms. The van der Waals surface area contributed by atoms with Gasteiger partial charge in [0.05, 0.1) is 12.7 Å². The molecular weight excluding hydrogens is 460 g/mol. The molecule has 0 atom stereocenters. The number of rotatable bonds is 6. The van der Waals surface area contributed by atoms with Crippen LogP contribution in [0.5, 0.6) is 0 Å². The van der Waals surface area contributed by atoms with Crippen LogP contribution in [0.1, 0.15) is 32.9 Å². The van der Waals surface area contributed by atoms with E-state index in [9.17, 15) is 19.2 Å². The highest BCUT2D eigenvalue weighted by atomic mass is 16.5. The van der Waals surface area contributed by atoms with Crippen LogP contribution in [0.4, 0.5) is 10.5 Å². The normalized spacial score (nSPS) is 14.2. The molecule has 184 valence electrons. The quantitative estimate of drug-likeness (QED) is 0.314. The molecule has 4 amide bonds. The highest BCUT2D eigenvalue weighted by molar-refractivity contribution is 6.16. The van der Waals surface area contributed by atoms with E-state index in [1.165, 1.54) is 7.11 Å². The molecule has 1 aliphatic rings. The standard InChI is InChI=1S/C27H26N4O5/c1-16-8-10-21(11-9-16)28-24(32)15-30-25(33)23(29-27(30)35)14-20-12-17(2)31(18(20)3)22-7-5-6-19(13-22)26(34)36-4/h5-14H,15H2,1-4H3,(H,28,32)(H,29,35). The molecule has 2 N–H and O–H groups in total. The maximum Gasteiger partial charge on any atom is 0.337 e. The van der Waals surface area contributed by atoms with Gasteiger partial charge in [0.25, 0.3) is 5.91 Å². The lowest BCUT2D eigenvalue weighted by molar-refractivity contribution is -0.127. The van der Waals surface area contributed by atoms with Crippen molar-refractivity contribution in [2.45, 2.75) is 20.8 Å². The second-order valence-electron chi connectivity index (χ2n) is 8.50. The molecule has 4 rings (SSSR count). The predicted molar refractivity (Wildman–Crippen MR) is 135 cm³/mol. The number of carbonyl (C=O) groups is 4. The third-order valence-corrected chi connectivity index (χ3v) is 5.89. The number of hydrogen-bond acceptors (Lipinski definition) is 5. The smallest absolute Gasteiger partial charge is 0.337 e. The number of hydrogen-bond donors (Lipinski definition) is 2. The van der Waals surface area contributed by atoms with Crippen LogP contribution < -0.4 is 10.6 Å². The van der Waals surface area contributed by atoms with Crippen molar-refractivity contribution in [1.82, 2.24) is 14.8 Å². The van der Waals surface area contributed by atoms with E-state index in [-0.39, 0.29) is 5.70 Å². The number of methoxy groups -OCH3 is 1. The lowest BCUT2D eigenvalue weighted by Crippen LogP contribution is -2.38. The monoisotopic (exact) mass is 486 g/mol. The van der Waals surface area contributed by atoms with Gasteiger partial charge in [0.2, 0.25) is 5.91 Å². The second kappa shape index (κ2) is 9.91. The summed E-state index contributed by atoms with van der Waals surface area (Å²) in [6.07, 6.45) is 1.58. The van der Waals surface area contributed by atoms with Crippen molar-refractivity contribution in [3.05, 3.63) is 88.4 Å². The van der Waals surface area contributed by atoms with Crippen molar-refractivity contribution in [2.24, 2.45) is 0 Å². The molecule has 1 aromatic heterocycles. The Kier molecular flexibility index (Phi) is 6.73. The Morgan fingerprint density at radius 2 is 1.75 bits per heavy atom. The van der Waals surface area contributed by atoms with Crippen LogP contribution in [0, 0.1) is 20.8 Å². The first kappa shape index (κ1) is 24.5. The van der Waals surface area contributed by atoms with Gasteiger partial charge in [0, 0.05) is 22.8 Å². The van der Waals surface area contributed by atoms with E-state index in [4.69, 9.17) is 4.74 Å². The zero-order valence-electron chi connectivity index (χ0n) is 20.4. The van der Waals surface area contributed by atoms with Crippen LogP contribution in [0.15, 0.2) is 60.3 Å². The summed E-state index contributed by atoms with van der Waals surface area (Å²) >= 11 is 0. The van der Waals surface area contributed by atoms with E-state index in [0.29, 0.717) is 16.8 Å². The number of aromatic nitrogens is 1. The highest BCUT2D eigenvalue weighted by Gasteiger charge is 2.35. The molecular formula is C27H26N4O5.